The van der Waals surface area contributed by atoms with E-state index in [0.29, 0.717) is 29.3 Å². The van der Waals surface area contributed by atoms with E-state index < -0.39 is 22.8 Å². The van der Waals surface area contributed by atoms with Gasteiger partial charge in [-0.1, -0.05) is 26.0 Å². The predicted octanol–water partition coefficient (Wildman–Crippen LogP) is 3.80. The van der Waals surface area contributed by atoms with Crippen LogP contribution in [0.4, 0.5) is 0 Å². The summed E-state index contributed by atoms with van der Waals surface area (Å²) in [6, 6.07) is 8.19. The molecule has 3 aromatic rings. The van der Waals surface area contributed by atoms with Crippen molar-refractivity contribution in [2.24, 2.45) is 0 Å². The zero-order valence-corrected chi connectivity index (χ0v) is 17.4. The SMILES string of the molecule is CCc1c(-c2ccc3cc(CNC(C)CC)[nH]c3c2)[nH]c(=O)c(C(=O)O)c1O.Cl. The van der Waals surface area contributed by atoms with Crippen molar-refractivity contribution < 1.29 is 15.0 Å². The molecule has 0 amide bonds. The Hall–Kier alpha value is -2.77. The summed E-state index contributed by atoms with van der Waals surface area (Å²) in [7, 11) is 0. The van der Waals surface area contributed by atoms with Crippen LogP contribution in [0.1, 0.15) is 48.8 Å². The lowest BCUT2D eigenvalue weighted by Crippen LogP contribution is -2.24. The van der Waals surface area contributed by atoms with E-state index >= 15 is 0 Å². The van der Waals surface area contributed by atoms with Gasteiger partial charge in [-0.2, -0.15) is 0 Å². The van der Waals surface area contributed by atoms with Crippen LogP contribution in [-0.4, -0.2) is 32.2 Å². The van der Waals surface area contributed by atoms with Crippen molar-refractivity contribution >= 4 is 29.3 Å². The van der Waals surface area contributed by atoms with Gasteiger partial charge >= 0.3 is 5.97 Å². The van der Waals surface area contributed by atoms with Crippen molar-refractivity contribution in [2.75, 3.05) is 0 Å². The molecule has 3 rings (SSSR count). The van der Waals surface area contributed by atoms with Crippen molar-refractivity contribution in [1.82, 2.24) is 15.3 Å². The van der Waals surface area contributed by atoms with Crippen LogP contribution in [0, 0.1) is 0 Å². The second kappa shape index (κ2) is 9.15. The minimum atomic E-state index is -1.45. The fourth-order valence-electron chi connectivity index (χ4n) is 3.28. The Bertz CT molecular complexity index is 1090. The van der Waals surface area contributed by atoms with Crippen LogP contribution in [0.5, 0.6) is 5.75 Å². The highest BCUT2D eigenvalue weighted by Crippen LogP contribution is 2.31. The van der Waals surface area contributed by atoms with Gasteiger partial charge in [0.2, 0.25) is 0 Å². The molecule has 0 spiro atoms. The molecule has 7 nitrogen and oxygen atoms in total. The number of pyridine rings is 1. The maximum absolute atomic E-state index is 12.2. The highest BCUT2D eigenvalue weighted by molar-refractivity contribution is 5.92. The first-order chi connectivity index (χ1) is 13.3. The highest BCUT2D eigenvalue weighted by Gasteiger charge is 2.22. The third kappa shape index (κ3) is 4.46. The van der Waals surface area contributed by atoms with Crippen LogP contribution >= 0.6 is 12.4 Å². The summed E-state index contributed by atoms with van der Waals surface area (Å²) in [4.78, 5) is 29.5. The maximum atomic E-state index is 12.2. The minimum absolute atomic E-state index is 0. The molecular weight excluding hydrogens is 394 g/mol. The number of hydrogen-bond acceptors (Lipinski definition) is 4. The van der Waals surface area contributed by atoms with Crippen LogP contribution < -0.4 is 10.9 Å². The molecule has 8 heteroatoms. The number of nitrogens with one attached hydrogen (secondary N) is 3. The first-order valence-electron chi connectivity index (χ1n) is 9.42. The molecule has 0 fully saturated rings. The summed E-state index contributed by atoms with van der Waals surface area (Å²) in [5.41, 5.74) is 2.07. The van der Waals surface area contributed by atoms with Gasteiger partial charge in [-0.3, -0.25) is 4.79 Å². The van der Waals surface area contributed by atoms with E-state index in [4.69, 9.17) is 0 Å². The monoisotopic (exact) mass is 419 g/mol. The molecule has 0 aliphatic rings. The summed E-state index contributed by atoms with van der Waals surface area (Å²) in [6.45, 7) is 6.79. The fraction of sp³-hybridized carbons (Fsp3) is 0.333. The van der Waals surface area contributed by atoms with Crippen LogP contribution in [-0.2, 0) is 13.0 Å². The number of aromatic carboxylic acids is 1. The molecule has 0 saturated carbocycles. The van der Waals surface area contributed by atoms with Gasteiger partial charge in [0.05, 0.1) is 5.69 Å². The predicted molar refractivity (Wildman–Crippen MR) is 116 cm³/mol. The van der Waals surface area contributed by atoms with Crippen LogP contribution in [0.3, 0.4) is 0 Å². The molecule has 29 heavy (non-hydrogen) atoms. The summed E-state index contributed by atoms with van der Waals surface area (Å²) < 4.78 is 0. The van der Waals surface area contributed by atoms with Gasteiger partial charge in [0.1, 0.15) is 5.75 Å². The lowest BCUT2D eigenvalue weighted by atomic mass is 10.00. The Morgan fingerprint density at radius 2 is 1.93 bits per heavy atom. The summed E-state index contributed by atoms with van der Waals surface area (Å²) in [5.74, 6) is -1.92. The van der Waals surface area contributed by atoms with Gasteiger partial charge in [0, 0.05) is 34.9 Å². The fourth-order valence-corrected chi connectivity index (χ4v) is 3.28. The summed E-state index contributed by atoms with van der Waals surface area (Å²) in [6.07, 6.45) is 1.43. The maximum Gasteiger partial charge on any atom is 0.345 e. The third-order valence-corrected chi connectivity index (χ3v) is 5.08. The highest BCUT2D eigenvalue weighted by atomic mass is 35.5. The number of carboxylic acids is 1. The Morgan fingerprint density at radius 3 is 2.55 bits per heavy atom. The number of benzene rings is 1. The Balaban J connectivity index is 0.00000300. The number of aromatic hydroxyl groups is 1. The normalized spacial score (nSPS) is 12.0. The molecule has 0 aliphatic carbocycles. The number of aromatic nitrogens is 2. The first-order valence-corrected chi connectivity index (χ1v) is 9.42. The van der Waals surface area contributed by atoms with E-state index in [2.05, 4.69) is 35.2 Å². The van der Waals surface area contributed by atoms with Crippen molar-refractivity contribution in [1.29, 1.82) is 0 Å². The van der Waals surface area contributed by atoms with E-state index in [0.717, 1.165) is 29.6 Å². The minimum Gasteiger partial charge on any atom is -0.506 e. The Labute approximate surface area is 174 Å². The van der Waals surface area contributed by atoms with Crippen molar-refractivity contribution in [3.63, 3.8) is 0 Å². The zero-order chi connectivity index (χ0) is 20.4. The lowest BCUT2D eigenvalue weighted by Gasteiger charge is -2.12. The molecule has 1 aromatic carbocycles. The number of H-pyrrole nitrogens is 2. The van der Waals surface area contributed by atoms with E-state index in [9.17, 15) is 19.8 Å². The molecular formula is C21H26ClN3O4. The second-order valence-electron chi connectivity index (χ2n) is 6.98. The van der Waals surface area contributed by atoms with Gasteiger partial charge < -0.3 is 25.5 Å². The number of carboxylic acid groups (broad SMARTS) is 1. The summed E-state index contributed by atoms with van der Waals surface area (Å²) in [5, 5.41) is 24.0. The molecule has 2 heterocycles. The molecule has 2 aromatic heterocycles. The average molecular weight is 420 g/mol. The van der Waals surface area contributed by atoms with Crippen LogP contribution in [0.15, 0.2) is 29.1 Å². The molecule has 1 atom stereocenters. The van der Waals surface area contributed by atoms with Gasteiger partial charge in [0.25, 0.3) is 5.56 Å². The number of fused-ring (bicyclic) bond motifs is 1. The van der Waals surface area contributed by atoms with Gasteiger partial charge in [-0.05, 0) is 37.3 Å². The third-order valence-electron chi connectivity index (χ3n) is 5.08. The number of rotatable bonds is 7. The molecule has 5 N–H and O–H groups in total. The zero-order valence-electron chi connectivity index (χ0n) is 16.6. The number of carbonyl (C=O) groups is 1. The van der Waals surface area contributed by atoms with E-state index in [-0.39, 0.29) is 12.4 Å². The number of halogens is 1. The van der Waals surface area contributed by atoms with Gasteiger partial charge in [-0.25, -0.2) is 4.79 Å². The first kappa shape index (κ1) is 22.5. The average Bonchev–Trinajstić information content (AvgIpc) is 3.07. The van der Waals surface area contributed by atoms with Crippen LogP contribution in [0.25, 0.3) is 22.2 Å². The van der Waals surface area contributed by atoms with E-state index in [1.807, 2.05) is 18.2 Å². The van der Waals surface area contributed by atoms with Crippen LogP contribution in [0.2, 0.25) is 0 Å². The summed E-state index contributed by atoms with van der Waals surface area (Å²) >= 11 is 0. The van der Waals surface area contributed by atoms with Gasteiger partial charge in [0.15, 0.2) is 5.56 Å². The molecule has 0 radical (unpaired) electrons. The quantitative estimate of drug-likeness (QED) is 0.399. The molecule has 1 unspecified atom stereocenters. The molecule has 0 bridgehead atoms. The van der Waals surface area contributed by atoms with Crippen molar-refractivity contribution in [3.05, 3.63) is 51.4 Å². The van der Waals surface area contributed by atoms with E-state index in [1.54, 1.807) is 6.92 Å². The Morgan fingerprint density at radius 1 is 1.21 bits per heavy atom. The Kier molecular flexibility index (Phi) is 7.11. The lowest BCUT2D eigenvalue weighted by molar-refractivity contribution is 0.0691. The number of hydrogen-bond donors (Lipinski definition) is 5. The molecule has 0 aliphatic heterocycles. The smallest absolute Gasteiger partial charge is 0.345 e. The van der Waals surface area contributed by atoms with Crippen molar-refractivity contribution in [3.8, 4) is 17.0 Å². The van der Waals surface area contributed by atoms with Gasteiger partial charge in [-0.15, -0.1) is 12.4 Å². The van der Waals surface area contributed by atoms with E-state index in [1.165, 1.54) is 0 Å². The standard InChI is InChI=1S/C21H25N3O4.ClH/c1-4-11(3)22-10-14-8-12-6-7-13(9-16(12)23-14)18-15(5-2)19(25)17(21(27)28)20(26)24-18;/h6-9,11,22-23H,4-5,10H2,1-3H3,(H,27,28)(H2,24,25,26);1H. The largest absolute Gasteiger partial charge is 0.506 e. The second-order valence-corrected chi connectivity index (χ2v) is 6.98. The molecule has 156 valence electrons. The topological polar surface area (TPSA) is 118 Å². The number of aromatic amines is 2. The van der Waals surface area contributed by atoms with Crippen molar-refractivity contribution in [2.45, 2.75) is 46.2 Å². The molecule has 0 saturated heterocycles.